The van der Waals surface area contributed by atoms with Crippen LogP contribution in [0.25, 0.3) is 0 Å². The zero-order valence-electron chi connectivity index (χ0n) is 33.1. The number of carbonyl (C=O) groups excluding carboxylic acids is 4. The maximum absolute atomic E-state index is 13.9. The lowest BCUT2D eigenvalue weighted by atomic mass is 9.98. The van der Waals surface area contributed by atoms with Crippen molar-refractivity contribution >= 4 is 64.1 Å². The minimum Gasteiger partial charge on any atom is -0.492 e. The van der Waals surface area contributed by atoms with Crippen LogP contribution in [0.15, 0.2) is 60.7 Å². The van der Waals surface area contributed by atoms with Crippen LogP contribution in [0.3, 0.4) is 0 Å². The number of ether oxygens (including phenoxy) is 1. The summed E-state index contributed by atoms with van der Waals surface area (Å²) < 4.78 is 47.4. The van der Waals surface area contributed by atoms with E-state index in [2.05, 4.69) is 25.8 Å². The third kappa shape index (κ3) is 10.5. The molecule has 0 aromatic heterocycles. The molecule has 0 spiro atoms. The molecule has 0 bridgehead atoms. The number of piperazine rings is 1. The molecule has 312 valence electrons. The van der Waals surface area contributed by atoms with Gasteiger partial charge in [0.25, 0.3) is 5.91 Å². The summed E-state index contributed by atoms with van der Waals surface area (Å²) in [6.07, 6.45) is -2.12. The lowest BCUT2D eigenvalue weighted by Gasteiger charge is -2.38. The molecule has 59 heavy (non-hydrogen) atoms. The quantitative estimate of drug-likeness (QED) is 0.132. The van der Waals surface area contributed by atoms with E-state index in [1.54, 1.807) is 49.1 Å². The molecule has 0 radical (unpaired) electrons. The van der Waals surface area contributed by atoms with E-state index in [1.165, 1.54) is 18.6 Å². The predicted octanol–water partition coefficient (Wildman–Crippen LogP) is 5.51. The number of amides is 4. The zero-order chi connectivity index (χ0) is 42.5. The van der Waals surface area contributed by atoms with Gasteiger partial charge in [0, 0.05) is 68.9 Å². The first-order valence-electron chi connectivity index (χ1n) is 19.4. The van der Waals surface area contributed by atoms with Gasteiger partial charge >= 0.3 is 6.18 Å². The van der Waals surface area contributed by atoms with Crippen molar-refractivity contribution < 1.29 is 37.1 Å². The first-order valence-corrected chi connectivity index (χ1v) is 19.9. The molecule has 17 heteroatoms. The van der Waals surface area contributed by atoms with Crippen molar-refractivity contribution in [1.82, 2.24) is 15.1 Å². The van der Waals surface area contributed by atoms with Crippen molar-refractivity contribution in [3.05, 3.63) is 77.4 Å². The summed E-state index contributed by atoms with van der Waals surface area (Å²) in [5.74, 6) is -0.263. The van der Waals surface area contributed by atoms with Crippen LogP contribution in [0, 0.1) is 11.3 Å². The van der Waals surface area contributed by atoms with Crippen molar-refractivity contribution in [2.45, 2.75) is 63.2 Å². The maximum atomic E-state index is 13.9. The first-order chi connectivity index (χ1) is 28.1. The number of nitrogens with one attached hydrogen (secondary N) is 3. The van der Waals surface area contributed by atoms with E-state index in [0.717, 1.165) is 54.3 Å². The Bertz CT molecular complexity index is 2130. The summed E-state index contributed by atoms with van der Waals surface area (Å²) >= 11 is 5.39. The Morgan fingerprint density at radius 1 is 0.983 bits per heavy atom. The number of hydrogen-bond acceptors (Lipinski definition) is 10. The minimum absolute atomic E-state index is 0.00544. The highest BCUT2D eigenvalue weighted by Gasteiger charge is 2.39. The second-order valence-corrected chi connectivity index (χ2v) is 15.7. The summed E-state index contributed by atoms with van der Waals surface area (Å²) in [4.78, 5) is 57.5. The van der Waals surface area contributed by atoms with Gasteiger partial charge < -0.3 is 25.2 Å². The number of benzene rings is 3. The molecule has 3 aliphatic rings. The second kappa shape index (κ2) is 18.1. The Balaban J connectivity index is 0.993. The van der Waals surface area contributed by atoms with Crippen molar-refractivity contribution in [2.75, 3.05) is 73.4 Å². The Kier molecular flexibility index (Phi) is 13.2. The summed E-state index contributed by atoms with van der Waals surface area (Å²) in [7, 11) is 1.39. The van der Waals surface area contributed by atoms with Crippen LogP contribution in [-0.2, 0) is 25.4 Å². The maximum Gasteiger partial charge on any atom is 0.417 e. The lowest BCUT2D eigenvalue weighted by Crippen LogP contribution is -2.55. The van der Waals surface area contributed by atoms with E-state index >= 15 is 0 Å². The summed E-state index contributed by atoms with van der Waals surface area (Å²) in [5, 5.41) is 17.6. The summed E-state index contributed by atoms with van der Waals surface area (Å²) in [5.41, 5.74) is 1.34. The third-order valence-electron chi connectivity index (χ3n) is 10.9. The number of thiocarbonyl (C=S) groups is 1. The van der Waals surface area contributed by atoms with Crippen LogP contribution in [-0.4, -0.2) is 103 Å². The molecular formula is C42H47F3N8O5S. The average Bonchev–Trinajstić information content (AvgIpc) is 4.05. The van der Waals surface area contributed by atoms with E-state index < -0.39 is 34.8 Å². The Morgan fingerprint density at radius 3 is 2.34 bits per heavy atom. The van der Waals surface area contributed by atoms with E-state index in [0.29, 0.717) is 49.7 Å². The van der Waals surface area contributed by atoms with Crippen molar-refractivity contribution in [2.24, 2.45) is 0 Å². The first kappa shape index (κ1) is 43.0. The van der Waals surface area contributed by atoms with E-state index in [4.69, 9.17) is 17.0 Å². The fourth-order valence-electron chi connectivity index (χ4n) is 7.33. The molecule has 2 saturated heterocycles. The number of rotatable bonds is 15. The highest BCUT2D eigenvalue weighted by molar-refractivity contribution is 7.79. The van der Waals surface area contributed by atoms with Crippen LogP contribution < -0.4 is 30.5 Å². The molecule has 1 saturated carbocycles. The molecular weight excluding hydrogens is 786 g/mol. The molecule has 2 heterocycles. The number of halogens is 3. The van der Waals surface area contributed by atoms with Gasteiger partial charge in [0.2, 0.25) is 17.7 Å². The Labute approximate surface area is 346 Å². The van der Waals surface area contributed by atoms with Crippen LogP contribution in [0.2, 0.25) is 0 Å². The predicted molar refractivity (Wildman–Crippen MR) is 221 cm³/mol. The van der Waals surface area contributed by atoms with Gasteiger partial charge in [-0.3, -0.25) is 34.3 Å². The van der Waals surface area contributed by atoms with Gasteiger partial charge in [-0.25, -0.2) is 0 Å². The standard InChI is InChI=1S/C42H47F3N8O5S/c1-41(2,40(57)50(3)31-10-9-28(24-46)34(23-31)42(43,44)45)53(26-59)32-11-13-36(33(22-32)27-7-8-27)58-20-19-51-15-17-52(18-16-51)25-38(55)48-30-6-4-5-29(21-30)47-35-12-14-37(54)49-39(35)56/h4-6,9-11,13,21-23,26-27,35,47H,7-8,12,14-20,25H2,1-3H3,(H,48,55)(H,49,54,56). The number of alkyl halides is 3. The van der Waals surface area contributed by atoms with Gasteiger partial charge in [-0.1, -0.05) is 18.3 Å². The van der Waals surface area contributed by atoms with Gasteiger partial charge in [-0.15, -0.1) is 0 Å². The molecule has 6 rings (SSSR count). The van der Waals surface area contributed by atoms with E-state index in [1.807, 2.05) is 18.2 Å². The average molecular weight is 833 g/mol. The molecule has 3 fully saturated rings. The number of carbonyl (C=O) groups is 4. The molecule has 3 aromatic carbocycles. The summed E-state index contributed by atoms with van der Waals surface area (Å²) in [6, 6.07) is 17.0. The highest BCUT2D eigenvalue weighted by Crippen LogP contribution is 2.46. The molecule has 13 nitrogen and oxygen atoms in total. The monoisotopic (exact) mass is 832 g/mol. The van der Waals surface area contributed by atoms with Gasteiger partial charge in [0.1, 0.15) is 23.9 Å². The number of nitriles is 1. The molecule has 3 aromatic rings. The van der Waals surface area contributed by atoms with Gasteiger partial charge in [-0.2, -0.15) is 18.4 Å². The largest absolute Gasteiger partial charge is 0.492 e. The van der Waals surface area contributed by atoms with Crippen LogP contribution >= 0.6 is 12.2 Å². The molecule has 3 N–H and O–H groups in total. The number of likely N-dealkylation sites (N-methyl/N-ethyl adjacent to an activating group) is 1. The zero-order valence-corrected chi connectivity index (χ0v) is 33.9. The Morgan fingerprint density at radius 2 is 1.68 bits per heavy atom. The summed E-state index contributed by atoms with van der Waals surface area (Å²) in [6.45, 7) is 7.61. The van der Waals surface area contributed by atoms with Gasteiger partial charge in [0.15, 0.2) is 0 Å². The second-order valence-electron chi connectivity index (χ2n) is 15.5. The van der Waals surface area contributed by atoms with Crippen LogP contribution in [0.1, 0.15) is 62.1 Å². The molecule has 1 unspecified atom stereocenters. The molecule has 2 aliphatic heterocycles. The van der Waals surface area contributed by atoms with Crippen molar-refractivity contribution in [3.63, 3.8) is 0 Å². The SMILES string of the molecule is CN(C(=O)C(C)(C)N(C=S)c1ccc(OCCN2CCN(CC(=O)Nc3cccc(NC4CCC(=O)NC4=O)c3)CC2)c(C2CC2)c1)c1ccc(C#N)c(C(F)(F)F)c1. The topological polar surface area (TPSA) is 150 Å². The fraction of sp³-hybridized carbons (Fsp3) is 0.429. The lowest BCUT2D eigenvalue weighted by molar-refractivity contribution is -0.138. The molecule has 4 amide bonds. The normalized spacial score (nSPS) is 17.7. The molecule has 1 aliphatic carbocycles. The Hall–Kier alpha value is -5.57. The van der Waals surface area contributed by atoms with Crippen molar-refractivity contribution in [3.8, 4) is 11.8 Å². The van der Waals surface area contributed by atoms with E-state index in [-0.39, 0.29) is 42.3 Å². The van der Waals surface area contributed by atoms with Crippen LogP contribution in [0.5, 0.6) is 5.75 Å². The van der Waals surface area contributed by atoms with Gasteiger partial charge in [0.05, 0.1) is 29.2 Å². The number of piperidine rings is 1. The minimum atomic E-state index is -4.77. The fourth-order valence-corrected chi connectivity index (χ4v) is 7.71. The smallest absolute Gasteiger partial charge is 0.417 e. The number of hydrogen-bond donors (Lipinski definition) is 3. The number of anilines is 4. The van der Waals surface area contributed by atoms with Gasteiger partial charge in [-0.05, 0) is 99.2 Å². The van der Waals surface area contributed by atoms with Crippen LogP contribution in [0.4, 0.5) is 35.9 Å². The number of imide groups is 1. The van der Waals surface area contributed by atoms with Crippen molar-refractivity contribution in [1.29, 1.82) is 5.26 Å². The highest BCUT2D eigenvalue weighted by atomic mass is 32.1. The molecule has 1 atom stereocenters. The third-order valence-corrected chi connectivity index (χ3v) is 11.1. The number of nitrogens with zero attached hydrogens (tertiary/aromatic N) is 5. The van der Waals surface area contributed by atoms with E-state index in [9.17, 15) is 37.6 Å².